The zero-order valence-corrected chi connectivity index (χ0v) is 16.8. The highest BCUT2D eigenvalue weighted by Crippen LogP contribution is 2.36. The van der Waals surface area contributed by atoms with Crippen molar-refractivity contribution in [2.24, 2.45) is 0 Å². The van der Waals surface area contributed by atoms with Gasteiger partial charge in [0, 0.05) is 13.1 Å². The molecule has 0 aromatic carbocycles. The molecule has 3 heterocycles. The van der Waals surface area contributed by atoms with Gasteiger partial charge in [0.05, 0.1) is 29.0 Å². The van der Waals surface area contributed by atoms with Crippen molar-refractivity contribution in [3.05, 3.63) is 6.20 Å². The number of carbonyl (C=O) groups is 1. The van der Waals surface area contributed by atoms with Gasteiger partial charge in [0.2, 0.25) is 0 Å². The van der Waals surface area contributed by atoms with Crippen molar-refractivity contribution in [3.63, 3.8) is 0 Å². The first-order valence-corrected chi connectivity index (χ1v) is 9.13. The predicted molar refractivity (Wildman–Crippen MR) is 97.2 cm³/mol. The summed E-state index contributed by atoms with van der Waals surface area (Å²) in [6, 6.07) is 0.0269. The molecule has 0 saturated carbocycles. The Morgan fingerprint density at radius 2 is 1.88 bits per heavy atom. The van der Waals surface area contributed by atoms with E-state index in [2.05, 4.69) is 10.3 Å². The van der Waals surface area contributed by atoms with Crippen molar-refractivity contribution >= 4 is 18.8 Å². The van der Waals surface area contributed by atoms with Gasteiger partial charge in [-0.1, -0.05) is 5.21 Å². The van der Waals surface area contributed by atoms with Crippen LogP contribution in [0.15, 0.2) is 6.20 Å². The molecule has 2 fully saturated rings. The molecule has 1 aromatic rings. The lowest BCUT2D eigenvalue weighted by atomic mass is 9.85. The van der Waals surface area contributed by atoms with Crippen LogP contribution >= 0.6 is 0 Å². The van der Waals surface area contributed by atoms with Gasteiger partial charge in [0.1, 0.15) is 5.60 Å². The van der Waals surface area contributed by atoms with Crippen molar-refractivity contribution in [2.75, 3.05) is 13.1 Å². The van der Waals surface area contributed by atoms with E-state index < -0.39 is 23.9 Å². The molecule has 0 spiro atoms. The highest BCUT2D eigenvalue weighted by Gasteiger charge is 2.53. The third-order valence-electron chi connectivity index (χ3n) is 5.26. The fourth-order valence-electron chi connectivity index (χ4n) is 3.10. The molecule has 3 rings (SSSR count). The van der Waals surface area contributed by atoms with Crippen molar-refractivity contribution in [2.45, 2.75) is 77.7 Å². The van der Waals surface area contributed by atoms with Gasteiger partial charge in [0.25, 0.3) is 0 Å². The highest BCUT2D eigenvalue weighted by molar-refractivity contribution is 6.61. The molecule has 0 radical (unpaired) electrons. The number of amides is 1. The van der Waals surface area contributed by atoms with Gasteiger partial charge in [0.15, 0.2) is 0 Å². The Hall–Kier alpha value is -1.61. The molecular weight excluding hydrogens is 335 g/mol. The van der Waals surface area contributed by atoms with Crippen LogP contribution in [0.2, 0.25) is 0 Å². The standard InChI is InChI=1S/C17H29BN4O4/c1-15(2,3)24-14(23)21-9-8-12(11-21)22-13(10-19-20-22)18-25-16(4,5)17(6,7)26-18/h10,12H,8-9,11H2,1-7H3. The number of hydrogen-bond acceptors (Lipinski definition) is 6. The third kappa shape index (κ3) is 3.60. The molecule has 8 nitrogen and oxygen atoms in total. The normalized spacial score (nSPS) is 25.0. The molecule has 0 aliphatic carbocycles. The van der Waals surface area contributed by atoms with E-state index in [1.54, 1.807) is 11.1 Å². The zero-order valence-electron chi connectivity index (χ0n) is 16.8. The van der Waals surface area contributed by atoms with Gasteiger partial charge < -0.3 is 18.9 Å². The Morgan fingerprint density at radius 1 is 1.27 bits per heavy atom. The topological polar surface area (TPSA) is 78.7 Å². The van der Waals surface area contributed by atoms with Crippen LogP contribution in [-0.2, 0) is 14.0 Å². The number of hydrogen-bond donors (Lipinski definition) is 0. The average Bonchev–Trinajstić information content (AvgIpc) is 3.16. The largest absolute Gasteiger partial charge is 0.515 e. The van der Waals surface area contributed by atoms with E-state index in [4.69, 9.17) is 14.0 Å². The first-order valence-electron chi connectivity index (χ1n) is 9.13. The summed E-state index contributed by atoms with van der Waals surface area (Å²) in [5.41, 5.74) is -0.577. The summed E-state index contributed by atoms with van der Waals surface area (Å²) in [6.45, 7) is 14.8. The molecule has 1 amide bonds. The second-order valence-electron chi connectivity index (χ2n) is 9.06. The number of aromatic nitrogens is 3. The van der Waals surface area contributed by atoms with Crippen molar-refractivity contribution in [1.29, 1.82) is 0 Å². The molecule has 1 unspecified atom stereocenters. The van der Waals surface area contributed by atoms with E-state index >= 15 is 0 Å². The summed E-state index contributed by atoms with van der Waals surface area (Å²) in [7, 11) is -0.523. The van der Waals surface area contributed by atoms with Crippen molar-refractivity contribution in [3.8, 4) is 0 Å². The molecule has 26 heavy (non-hydrogen) atoms. The quantitative estimate of drug-likeness (QED) is 0.744. The maximum absolute atomic E-state index is 12.3. The molecule has 2 aliphatic rings. The van der Waals surface area contributed by atoms with Crippen molar-refractivity contribution in [1.82, 2.24) is 19.9 Å². The second-order valence-corrected chi connectivity index (χ2v) is 9.06. The molecule has 9 heteroatoms. The first kappa shape index (κ1) is 19.2. The summed E-state index contributed by atoms with van der Waals surface area (Å²) in [5.74, 6) is 0. The second kappa shape index (κ2) is 6.23. The van der Waals surface area contributed by atoms with E-state index in [1.165, 1.54) is 0 Å². The third-order valence-corrected chi connectivity index (χ3v) is 5.26. The number of carbonyl (C=O) groups excluding carboxylic acids is 1. The number of nitrogens with zero attached hydrogens (tertiary/aromatic N) is 4. The van der Waals surface area contributed by atoms with Crippen LogP contribution in [0.3, 0.4) is 0 Å². The Labute approximate surface area is 155 Å². The highest BCUT2D eigenvalue weighted by atomic mass is 16.7. The molecule has 1 atom stereocenters. The van der Waals surface area contributed by atoms with E-state index in [0.717, 1.165) is 12.0 Å². The van der Waals surface area contributed by atoms with Gasteiger partial charge in [-0.05, 0) is 54.9 Å². The molecule has 0 bridgehead atoms. The summed E-state index contributed by atoms with van der Waals surface area (Å²) >= 11 is 0. The fraction of sp³-hybridized carbons (Fsp3) is 0.824. The SMILES string of the molecule is CC(C)(C)OC(=O)N1CCC(n2nncc2B2OC(C)(C)C(C)(C)O2)C1. The van der Waals surface area contributed by atoms with E-state index in [-0.39, 0.29) is 12.1 Å². The number of ether oxygens (including phenoxy) is 1. The van der Waals surface area contributed by atoms with Gasteiger partial charge >= 0.3 is 13.2 Å². The average molecular weight is 364 g/mol. The van der Waals surface area contributed by atoms with Gasteiger partial charge in [-0.3, -0.25) is 0 Å². The Balaban J connectivity index is 1.72. The van der Waals surface area contributed by atoms with Gasteiger partial charge in [-0.15, -0.1) is 5.10 Å². The molecule has 1 aromatic heterocycles. The Morgan fingerprint density at radius 3 is 2.46 bits per heavy atom. The van der Waals surface area contributed by atoms with Crippen LogP contribution in [0.25, 0.3) is 0 Å². The predicted octanol–water partition coefficient (Wildman–Crippen LogP) is 1.76. The maximum atomic E-state index is 12.3. The van der Waals surface area contributed by atoms with Crippen LogP contribution in [0.4, 0.5) is 4.79 Å². The zero-order chi connectivity index (χ0) is 19.3. The molecule has 2 saturated heterocycles. The summed E-state index contributed by atoms with van der Waals surface area (Å²) in [6.07, 6.45) is 2.17. The van der Waals surface area contributed by atoms with Gasteiger partial charge in [-0.2, -0.15) is 0 Å². The Kier molecular flexibility index (Phi) is 4.59. The number of likely N-dealkylation sites (tertiary alicyclic amines) is 1. The van der Waals surface area contributed by atoms with Gasteiger partial charge in [-0.25, -0.2) is 9.48 Å². The van der Waals surface area contributed by atoms with Crippen LogP contribution in [-0.4, -0.2) is 63.0 Å². The summed E-state index contributed by atoms with van der Waals surface area (Å²) in [5, 5.41) is 8.29. The van der Waals surface area contributed by atoms with Crippen molar-refractivity contribution < 1.29 is 18.8 Å². The summed E-state index contributed by atoms with van der Waals surface area (Å²) in [4.78, 5) is 14.0. The maximum Gasteiger partial charge on any atom is 0.515 e. The monoisotopic (exact) mass is 364 g/mol. The minimum atomic E-state index is -0.523. The lowest BCUT2D eigenvalue weighted by molar-refractivity contribution is 0.00578. The lowest BCUT2D eigenvalue weighted by Gasteiger charge is -2.32. The van der Waals surface area contributed by atoms with E-state index in [9.17, 15) is 4.79 Å². The first-order chi connectivity index (χ1) is 11.9. The number of rotatable bonds is 2. The minimum absolute atomic E-state index is 0.0269. The van der Waals surface area contributed by atoms with Crippen LogP contribution < -0.4 is 5.59 Å². The molecule has 2 aliphatic heterocycles. The molecule has 0 N–H and O–H groups in total. The lowest BCUT2D eigenvalue weighted by Crippen LogP contribution is -2.42. The smallest absolute Gasteiger partial charge is 0.444 e. The molecular formula is C17H29BN4O4. The van der Waals surface area contributed by atoms with Crippen LogP contribution in [0.5, 0.6) is 0 Å². The fourth-order valence-corrected chi connectivity index (χ4v) is 3.10. The van der Waals surface area contributed by atoms with Crippen LogP contribution in [0, 0.1) is 0 Å². The van der Waals surface area contributed by atoms with Crippen LogP contribution in [0.1, 0.15) is 60.9 Å². The van der Waals surface area contributed by atoms with E-state index in [0.29, 0.717) is 13.1 Å². The summed E-state index contributed by atoms with van der Waals surface area (Å²) < 4.78 is 19.5. The Bertz CT molecular complexity index is 667. The molecule has 144 valence electrons. The minimum Gasteiger partial charge on any atom is -0.444 e. The van der Waals surface area contributed by atoms with E-state index in [1.807, 2.05) is 53.1 Å².